The third kappa shape index (κ3) is 31.6. The van der Waals surface area contributed by atoms with E-state index in [2.05, 4.69) is 6.92 Å². The van der Waals surface area contributed by atoms with E-state index in [1.165, 1.54) is 70.6 Å². The van der Waals surface area contributed by atoms with Gasteiger partial charge in [-0.25, -0.2) is 0 Å². The summed E-state index contributed by atoms with van der Waals surface area (Å²) in [5.41, 5.74) is 0. The lowest BCUT2D eigenvalue weighted by Gasteiger charge is -2.04. The van der Waals surface area contributed by atoms with Gasteiger partial charge in [0, 0.05) is 33.0 Å². The molecule has 0 spiro atoms. The monoisotopic (exact) mass is 376 g/mol. The number of hydrogen-bond acceptors (Lipinski definition) is 4. The lowest BCUT2D eigenvalue weighted by molar-refractivity contribution is 0.125. The number of aliphatic hydroxyl groups is 3. The van der Waals surface area contributed by atoms with Crippen molar-refractivity contribution < 1.29 is 20.1 Å². The standard InChI is InChI=1S/C14H30O2.C8H18O2/c1-2-3-4-10-13-16-14-11-8-6-5-7-9-12-15;9-7-5-3-1-2-4-6-8-10/h15H,2-14H2,1H3;9-10H,1-8H2. The third-order valence-corrected chi connectivity index (χ3v) is 4.41. The maximum absolute atomic E-state index is 8.61. The minimum absolute atomic E-state index is 0.319. The van der Waals surface area contributed by atoms with Crippen LogP contribution in [0.5, 0.6) is 0 Å². The molecule has 0 unspecified atom stereocenters. The van der Waals surface area contributed by atoms with Gasteiger partial charge in [-0.2, -0.15) is 0 Å². The van der Waals surface area contributed by atoms with Crippen molar-refractivity contribution in [3.63, 3.8) is 0 Å². The van der Waals surface area contributed by atoms with Crippen LogP contribution in [0.15, 0.2) is 0 Å². The SMILES string of the molecule is CCCCCCOCCCCCCCCO.OCCCCCCCCO. The number of aliphatic hydroxyl groups excluding tert-OH is 3. The summed E-state index contributed by atoms with van der Waals surface area (Å²) >= 11 is 0. The second kappa shape index (κ2) is 29.6. The Morgan fingerprint density at radius 3 is 1.08 bits per heavy atom. The highest BCUT2D eigenvalue weighted by Crippen LogP contribution is 2.06. The molecule has 0 fully saturated rings. The lowest BCUT2D eigenvalue weighted by Crippen LogP contribution is -1.97. The van der Waals surface area contributed by atoms with E-state index in [9.17, 15) is 0 Å². The van der Waals surface area contributed by atoms with Crippen LogP contribution in [-0.4, -0.2) is 48.4 Å². The first-order chi connectivity index (χ1) is 12.8. The average Bonchev–Trinajstić information content (AvgIpc) is 2.66. The van der Waals surface area contributed by atoms with Crippen molar-refractivity contribution in [1.29, 1.82) is 0 Å². The summed E-state index contributed by atoms with van der Waals surface area (Å²) < 4.78 is 5.57. The molecule has 0 aromatic carbocycles. The number of unbranched alkanes of at least 4 members (excludes halogenated alkanes) is 13. The summed E-state index contributed by atoms with van der Waals surface area (Å²) in [6, 6.07) is 0. The van der Waals surface area contributed by atoms with Crippen molar-refractivity contribution in [1.82, 2.24) is 0 Å². The van der Waals surface area contributed by atoms with Gasteiger partial charge < -0.3 is 20.1 Å². The highest BCUT2D eigenvalue weighted by atomic mass is 16.5. The van der Waals surface area contributed by atoms with Gasteiger partial charge in [0.25, 0.3) is 0 Å². The van der Waals surface area contributed by atoms with Gasteiger partial charge in [-0.15, -0.1) is 0 Å². The molecule has 4 nitrogen and oxygen atoms in total. The van der Waals surface area contributed by atoms with E-state index in [-0.39, 0.29) is 0 Å². The molecule has 3 N–H and O–H groups in total. The maximum Gasteiger partial charge on any atom is 0.0466 e. The van der Waals surface area contributed by atoms with E-state index < -0.39 is 0 Å². The van der Waals surface area contributed by atoms with Crippen LogP contribution < -0.4 is 0 Å². The van der Waals surface area contributed by atoms with Gasteiger partial charge in [0.15, 0.2) is 0 Å². The fourth-order valence-electron chi connectivity index (χ4n) is 2.69. The second-order valence-corrected chi connectivity index (χ2v) is 7.09. The molecule has 0 aromatic rings. The van der Waals surface area contributed by atoms with E-state index in [0.717, 1.165) is 45.3 Å². The molecule has 0 aliphatic carbocycles. The zero-order valence-corrected chi connectivity index (χ0v) is 17.6. The molecule has 160 valence electrons. The molecule has 0 aliphatic rings. The Labute approximate surface area is 163 Å². The van der Waals surface area contributed by atoms with Crippen LogP contribution in [0.2, 0.25) is 0 Å². The highest BCUT2D eigenvalue weighted by molar-refractivity contribution is 4.45. The fourth-order valence-corrected chi connectivity index (χ4v) is 2.69. The van der Waals surface area contributed by atoms with Crippen LogP contribution in [0.1, 0.15) is 110 Å². The molecule has 0 heterocycles. The Morgan fingerprint density at radius 2 is 0.731 bits per heavy atom. The van der Waals surface area contributed by atoms with Crippen molar-refractivity contribution in [3.05, 3.63) is 0 Å². The summed E-state index contributed by atoms with van der Waals surface area (Å²) in [6.07, 6.45) is 18.9. The van der Waals surface area contributed by atoms with E-state index in [4.69, 9.17) is 20.1 Å². The normalized spacial score (nSPS) is 10.6. The first-order valence-corrected chi connectivity index (χ1v) is 11.2. The molecular formula is C22H48O4. The van der Waals surface area contributed by atoms with Gasteiger partial charge in [-0.1, -0.05) is 77.6 Å². The van der Waals surface area contributed by atoms with Crippen LogP contribution in [0.3, 0.4) is 0 Å². The van der Waals surface area contributed by atoms with Crippen LogP contribution >= 0.6 is 0 Å². The molecule has 0 atom stereocenters. The number of rotatable bonds is 20. The van der Waals surface area contributed by atoms with Gasteiger partial charge in [-0.05, 0) is 32.1 Å². The van der Waals surface area contributed by atoms with E-state index in [1.54, 1.807) is 0 Å². The summed E-state index contributed by atoms with van der Waals surface area (Å²) in [4.78, 5) is 0. The van der Waals surface area contributed by atoms with Gasteiger partial charge in [0.1, 0.15) is 0 Å². The van der Waals surface area contributed by atoms with E-state index >= 15 is 0 Å². The van der Waals surface area contributed by atoms with Gasteiger partial charge in [0.05, 0.1) is 0 Å². The van der Waals surface area contributed by atoms with Crippen molar-refractivity contribution in [2.24, 2.45) is 0 Å². The van der Waals surface area contributed by atoms with Crippen LogP contribution in [0.25, 0.3) is 0 Å². The molecule has 0 amide bonds. The smallest absolute Gasteiger partial charge is 0.0466 e. The number of ether oxygens (including phenoxy) is 1. The molecule has 0 aromatic heterocycles. The molecular weight excluding hydrogens is 328 g/mol. The first-order valence-electron chi connectivity index (χ1n) is 11.2. The van der Waals surface area contributed by atoms with Crippen molar-refractivity contribution >= 4 is 0 Å². The minimum Gasteiger partial charge on any atom is -0.396 e. The summed E-state index contributed by atoms with van der Waals surface area (Å²) in [5.74, 6) is 0. The molecule has 4 heteroatoms. The van der Waals surface area contributed by atoms with Crippen molar-refractivity contribution in [2.75, 3.05) is 33.0 Å². The second-order valence-electron chi connectivity index (χ2n) is 7.09. The van der Waals surface area contributed by atoms with Crippen molar-refractivity contribution in [2.45, 2.75) is 110 Å². The van der Waals surface area contributed by atoms with Gasteiger partial charge >= 0.3 is 0 Å². The summed E-state index contributed by atoms with van der Waals surface area (Å²) in [5, 5.41) is 25.5. The summed E-state index contributed by atoms with van der Waals surface area (Å²) in [6.45, 7) is 5.11. The predicted molar refractivity (Wildman–Crippen MR) is 112 cm³/mol. The fraction of sp³-hybridized carbons (Fsp3) is 1.00. The molecule has 0 aliphatic heterocycles. The van der Waals surface area contributed by atoms with Crippen molar-refractivity contribution in [3.8, 4) is 0 Å². The Kier molecular flexibility index (Phi) is 31.9. The molecule has 26 heavy (non-hydrogen) atoms. The lowest BCUT2D eigenvalue weighted by atomic mass is 10.1. The molecule has 0 bridgehead atoms. The Bertz CT molecular complexity index is 190. The zero-order valence-electron chi connectivity index (χ0n) is 17.6. The number of hydrogen-bond donors (Lipinski definition) is 3. The molecule has 0 saturated heterocycles. The molecule has 0 radical (unpaired) electrons. The quantitative estimate of drug-likeness (QED) is 0.255. The maximum atomic E-state index is 8.61. The zero-order chi connectivity index (χ0) is 19.6. The Hall–Kier alpha value is -0.160. The van der Waals surface area contributed by atoms with E-state index in [1.807, 2.05) is 0 Å². The van der Waals surface area contributed by atoms with Gasteiger partial charge in [0.2, 0.25) is 0 Å². The van der Waals surface area contributed by atoms with Gasteiger partial charge in [-0.3, -0.25) is 0 Å². The van der Waals surface area contributed by atoms with E-state index in [0.29, 0.717) is 19.8 Å². The Morgan fingerprint density at radius 1 is 0.423 bits per heavy atom. The molecule has 0 rings (SSSR count). The minimum atomic E-state index is 0.319. The highest BCUT2D eigenvalue weighted by Gasteiger charge is 1.92. The van der Waals surface area contributed by atoms with Crippen LogP contribution in [0, 0.1) is 0 Å². The summed E-state index contributed by atoms with van der Waals surface area (Å²) in [7, 11) is 0. The largest absolute Gasteiger partial charge is 0.396 e. The van der Waals surface area contributed by atoms with Crippen LogP contribution in [-0.2, 0) is 4.74 Å². The predicted octanol–water partition coefficient (Wildman–Crippen LogP) is 5.23. The molecule has 0 saturated carbocycles. The third-order valence-electron chi connectivity index (χ3n) is 4.41. The average molecular weight is 377 g/mol. The Balaban J connectivity index is 0. The topological polar surface area (TPSA) is 69.9 Å². The van der Waals surface area contributed by atoms with Crippen LogP contribution in [0.4, 0.5) is 0 Å². The first kappa shape index (κ1) is 28.1.